The average molecular weight is 781 g/mol. The highest BCUT2D eigenvalue weighted by Crippen LogP contribution is 2.44. The van der Waals surface area contributed by atoms with Gasteiger partial charge in [-0.3, -0.25) is 0 Å². The summed E-state index contributed by atoms with van der Waals surface area (Å²) in [6, 6.07) is 44.4. The summed E-state index contributed by atoms with van der Waals surface area (Å²) in [5, 5.41) is 1.24. The van der Waals surface area contributed by atoms with Gasteiger partial charge in [0.2, 0.25) is 0 Å². The van der Waals surface area contributed by atoms with Crippen LogP contribution in [0.1, 0.15) is 11.1 Å². The molecular weight excluding hydrogens is 754 g/mol. The highest BCUT2D eigenvalue weighted by Gasteiger charge is 2.38. The van der Waals surface area contributed by atoms with Crippen molar-refractivity contribution in [2.45, 2.75) is 12.4 Å². The van der Waals surface area contributed by atoms with Crippen molar-refractivity contribution < 1.29 is 30.7 Å². The highest BCUT2D eigenvalue weighted by molar-refractivity contribution is 6.11. The van der Waals surface area contributed by atoms with E-state index < -0.39 is 29.3 Å². The van der Waals surface area contributed by atoms with E-state index in [9.17, 15) is 30.7 Å². The first kappa shape index (κ1) is 36.5. The molecule has 58 heavy (non-hydrogen) atoms. The monoisotopic (exact) mass is 780 g/mol. The number of halogens is 7. The molecular formula is C47H27F7N4. The predicted octanol–water partition coefficient (Wildman–Crippen LogP) is 13.5. The zero-order chi connectivity index (χ0) is 40.2. The Kier molecular flexibility index (Phi) is 8.88. The molecule has 2 aromatic heterocycles. The van der Waals surface area contributed by atoms with E-state index in [1.807, 2.05) is 102 Å². The van der Waals surface area contributed by atoms with Crippen LogP contribution in [-0.4, -0.2) is 19.5 Å². The summed E-state index contributed by atoms with van der Waals surface area (Å²) in [6.07, 6.45) is -10.0. The van der Waals surface area contributed by atoms with Gasteiger partial charge in [0.15, 0.2) is 17.5 Å². The molecule has 0 saturated heterocycles. The van der Waals surface area contributed by atoms with Crippen LogP contribution in [0.25, 0.3) is 83.9 Å². The first-order valence-electron chi connectivity index (χ1n) is 18.0. The van der Waals surface area contributed by atoms with Crippen molar-refractivity contribution in [1.82, 2.24) is 19.5 Å². The van der Waals surface area contributed by atoms with E-state index in [1.54, 1.807) is 30.3 Å². The van der Waals surface area contributed by atoms with Crippen LogP contribution in [0, 0.1) is 5.82 Å². The molecule has 0 spiro atoms. The van der Waals surface area contributed by atoms with E-state index >= 15 is 0 Å². The lowest BCUT2D eigenvalue weighted by atomic mass is 9.95. The quantitative estimate of drug-likeness (QED) is 0.158. The molecule has 0 aliphatic heterocycles. The third-order valence-electron chi connectivity index (χ3n) is 9.99. The first-order chi connectivity index (χ1) is 27.9. The Hall–Kier alpha value is -7.14. The van der Waals surface area contributed by atoms with Crippen molar-refractivity contribution in [2.24, 2.45) is 0 Å². The minimum absolute atomic E-state index is 0.0919. The van der Waals surface area contributed by atoms with Crippen LogP contribution in [0.3, 0.4) is 0 Å². The molecule has 0 fully saturated rings. The van der Waals surface area contributed by atoms with E-state index in [0.717, 1.165) is 28.3 Å². The lowest BCUT2D eigenvalue weighted by molar-refractivity contribution is -0.142. The van der Waals surface area contributed by atoms with Crippen LogP contribution in [0.2, 0.25) is 0 Å². The van der Waals surface area contributed by atoms with E-state index in [4.69, 9.17) is 15.0 Å². The fraction of sp³-hybridized carbons (Fsp3) is 0.0426. The fourth-order valence-corrected chi connectivity index (χ4v) is 7.26. The maximum absolute atomic E-state index is 14.4. The van der Waals surface area contributed by atoms with Gasteiger partial charge in [-0.15, -0.1) is 0 Å². The van der Waals surface area contributed by atoms with Gasteiger partial charge in [0.05, 0.1) is 27.8 Å². The number of benzene rings is 7. The van der Waals surface area contributed by atoms with Gasteiger partial charge in [0, 0.05) is 27.5 Å². The van der Waals surface area contributed by atoms with E-state index in [0.29, 0.717) is 56.6 Å². The molecule has 0 amide bonds. The van der Waals surface area contributed by atoms with Gasteiger partial charge in [0.25, 0.3) is 0 Å². The smallest absolute Gasteiger partial charge is 0.308 e. The SMILES string of the molecule is Fc1ccc(-c2ccc(-c3nc(-c4ccccc4)nc(-c4ccccc4)n3)c(-n3c4ccccc4c4cc(-c5ccc(C(F)(F)F)cc5C(F)(F)F)ccc43)c2)cc1. The molecule has 0 radical (unpaired) electrons. The maximum Gasteiger partial charge on any atom is 0.417 e. The molecule has 0 atom stereocenters. The molecule has 0 saturated carbocycles. The van der Waals surface area contributed by atoms with Crippen LogP contribution < -0.4 is 0 Å². The van der Waals surface area contributed by atoms with Gasteiger partial charge >= 0.3 is 12.4 Å². The molecule has 0 bridgehead atoms. The molecule has 284 valence electrons. The second-order valence-electron chi connectivity index (χ2n) is 13.6. The number of rotatable bonds is 6. The Morgan fingerprint density at radius 1 is 0.397 bits per heavy atom. The molecule has 0 aliphatic rings. The number of hydrogen-bond donors (Lipinski definition) is 0. The molecule has 0 unspecified atom stereocenters. The zero-order valence-electron chi connectivity index (χ0n) is 30.0. The largest absolute Gasteiger partial charge is 0.417 e. The normalized spacial score (nSPS) is 12.1. The van der Waals surface area contributed by atoms with Crippen LogP contribution in [0.15, 0.2) is 164 Å². The van der Waals surface area contributed by atoms with Crippen molar-refractivity contribution in [3.63, 3.8) is 0 Å². The molecule has 11 heteroatoms. The molecule has 2 heterocycles. The second-order valence-corrected chi connectivity index (χ2v) is 13.6. The Balaban J connectivity index is 1.32. The number of para-hydroxylation sites is 1. The van der Waals surface area contributed by atoms with E-state index in [2.05, 4.69) is 0 Å². The van der Waals surface area contributed by atoms with Crippen LogP contribution in [-0.2, 0) is 12.4 Å². The van der Waals surface area contributed by atoms with Gasteiger partial charge in [-0.2, -0.15) is 26.3 Å². The third-order valence-corrected chi connectivity index (χ3v) is 9.99. The second kappa shape index (κ2) is 14.1. The zero-order valence-corrected chi connectivity index (χ0v) is 30.0. The van der Waals surface area contributed by atoms with Gasteiger partial charge in [-0.1, -0.05) is 109 Å². The van der Waals surface area contributed by atoms with Gasteiger partial charge in [0.1, 0.15) is 5.82 Å². The number of nitrogens with zero attached hydrogens (tertiary/aromatic N) is 4. The summed E-state index contributed by atoms with van der Waals surface area (Å²) >= 11 is 0. The Bertz CT molecular complexity index is 2920. The molecule has 7 aromatic carbocycles. The van der Waals surface area contributed by atoms with Gasteiger partial charge in [-0.05, 0) is 76.9 Å². The van der Waals surface area contributed by atoms with E-state index in [1.165, 1.54) is 18.2 Å². The topological polar surface area (TPSA) is 43.6 Å². The summed E-state index contributed by atoms with van der Waals surface area (Å²) in [5.41, 5.74) is 2.41. The van der Waals surface area contributed by atoms with Crippen molar-refractivity contribution >= 4 is 21.8 Å². The van der Waals surface area contributed by atoms with Crippen molar-refractivity contribution in [2.75, 3.05) is 0 Å². The number of fused-ring (bicyclic) bond motifs is 3. The minimum Gasteiger partial charge on any atom is -0.308 e. The molecule has 9 aromatic rings. The maximum atomic E-state index is 14.4. The Labute approximate surface area is 326 Å². The summed E-state index contributed by atoms with van der Waals surface area (Å²) in [6.45, 7) is 0. The predicted molar refractivity (Wildman–Crippen MR) is 211 cm³/mol. The third kappa shape index (κ3) is 6.74. The Morgan fingerprint density at radius 2 is 0.948 bits per heavy atom. The summed E-state index contributed by atoms with van der Waals surface area (Å²) in [4.78, 5) is 14.8. The lowest BCUT2D eigenvalue weighted by Crippen LogP contribution is -2.12. The lowest BCUT2D eigenvalue weighted by Gasteiger charge is -2.17. The van der Waals surface area contributed by atoms with Crippen molar-refractivity contribution in [1.29, 1.82) is 0 Å². The van der Waals surface area contributed by atoms with Crippen LogP contribution >= 0.6 is 0 Å². The number of hydrogen-bond acceptors (Lipinski definition) is 3. The summed E-state index contributed by atoms with van der Waals surface area (Å²) < 4.78 is 99.8. The van der Waals surface area contributed by atoms with Crippen molar-refractivity contribution in [3.8, 4) is 62.1 Å². The first-order valence-corrected chi connectivity index (χ1v) is 18.0. The van der Waals surface area contributed by atoms with Gasteiger partial charge < -0.3 is 4.57 Å². The molecule has 4 nitrogen and oxygen atoms in total. The van der Waals surface area contributed by atoms with Crippen LogP contribution in [0.5, 0.6) is 0 Å². The summed E-state index contributed by atoms with van der Waals surface area (Å²) in [5.74, 6) is 0.812. The number of alkyl halides is 6. The molecule has 0 aliphatic carbocycles. The standard InChI is InChI=1S/C47H27F7N4/c48-34-20-15-28(16-21-34)31-17-22-37(45-56-43(29-9-3-1-4-10-29)55-44(57-45)30-11-5-2-6-12-30)42(26-31)58-40-14-8-7-13-36(40)38-25-32(18-24-41(38)58)35-23-19-33(46(49,50)51)27-39(35)47(52,53)54/h1-27H. The fourth-order valence-electron chi connectivity index (χ4n) is 7.26. The van der Waals surface area contributed by atoms with Crippen LogP contribution in [0.4, 0.5) is 30.7 Å². The minimum atomic E-state index is -5.06. The molecule has 0 N–H and O–H groups in total. The van der Waals surface area contributed by atoms with E-state index in [-0.39, 0.29) is 17.2 Å². The highest BCUT2D eigenvalue weighted by atomic mass is 19.4. The average Bonchev–Trinajstić information content (AvgIpc) is 3.57. The Morgan fingerprint density at radius 3 is 1.59 bits per heavy atom. The van der Waals surface area contributed by atoms with Gasteiger partial charge in [-0.25, -0.2) is 19.3 Å². The summed E-state index contributed by atoms with van der Waals surface area (Å²) in [7, 11) is 0. The molecule has 9 rings (SSSR count). The van der Waals surface area contributed by atoms with Crippen molar-refractivity contribution in [3.05, 3.63) is 181 Å². The number of aromatic nitrogens is 4.